The van der Waals surface area contributed by atoms with Crippen molar-refractivity contribution >= 4 is 11.6 Å². The molecule has 4 heteroatoms. The monoisotopic (exact) mass is 368 g/mol. The number of rotatable bonds is 6. The van der Waals surface area contributed by atoms with Crippen molar-refractivity contribution in [1.82, 2.24) is 4.57 Å². The van der Waals surface area contributed by atoms with E-state index in [0.717, 1.165) is 18.7 Å². The van der Waals surface area contributed by atoms with Gasteiger partial charge in [-0.2, -0.15) is 0 Å². The predicted octanol–water partition coefficient (Wildman–Crippen LogP) is 3.63. The van der Waals surface area contributed by atoms with E-state index in [2.05, 4.69) is 81.2 Å². The Balaban J connectivity index is 1.77. The van der Waals surface area contributed by atoms with Gasteiger partial charge >= 0.3 is 0 Å². The zero-order valence-electron chi connectivity index (χ0n) is 17.4. The lowest BCUT2D eigenvalue weighted by atomic mass is 9.92. The van der Waals surface area contributed by atoms with Crippen LogP contribution in [0.5, 0.6) is 0 Å². The molecule has 0 bridgehead atoms. The molecule has 1 amide bonds. The Morgan fingerprint density at radius 3 is 2.37 bits per heavy atom. The fraction of sp³-hybridized carbons (Fsp3) is 0.522. The lowest BCUT2D eigenvalue weighted by Gasteiger charge is -2.24. The smallest absolute Gasteiger partial charge is 0.279 e. The van der Waals surface area contributed by atoms with E-state index in [4.69, 9.17) is 0 Å². The second kappa shape index (κ2) is 8.30. The number of aryl methyl sites for hydroxylation is 1. The summed E-state index contributed by atoms with van der Waals surface area (Å²) >= 11 is 0. The summed E-state index contributed by atoms with van der Waals surface area (Å²) < 4.78 is 2.19. The van der Waals surface area contributed by atoms with Crippen molar-refractivity contribution in [2.75, 3.05) is 18.4 Å². The first-order valence-electron chi connectivity index (χ1n) is 10.3. The van der Waals surface area contributed by atoms with E-state index >= 15 is 0 Å². The van der Waals surface area contributed by atoms with Crippen LogP contribution in [0.1, 0.15) is 75.2 Å². The molecule has 1 saturated heterocycles. The van der Waals surface area contributed by atoms with E-state index in [1.54, 1.807) is 0 Å². The first-order valence-corrected chi connectivity index (χ1v) is 10.3. The lowest BCUT2D eigenvalue weighted by molar-refractivity contribution is -0.910. The Bertz CT molecular complexity index is 764. The Morgan fingerprint density at radius 2 is 1.81 bits per heavy atom. The quantitative estimate of drug-likeness (QED) is 0.803. The SMILES string of the molecule is CC(C)c1cccc(C(C)C)c1NC(=O)C[NH+]1CCC[C@H]1c1cccn1C. The summed E-state index contributed by atoms with van der Waals surface area (Å²) in [5.41, 5.74) is 4.82. The molecule has 1 aromatic heterocycles. The van der Waals surface area contributed by atoms with Crippen LogP contribution in [0.2, 0.25) is 0 Å². The number of carbonyl (C=O) groups is 1. The van der Waals surface area contributed by atoms with Crippen LogP contribution in [0.3, 0.4) is 0 Å². The van der Waals surface area contributed by atoms with E-state index in [9.17, 15) is 4.79 Å². The third-order valence-corrected chi connectivity index (χ3v) is 5.85. The van der Waals surface area contributed by atoms with Crippen LogP contribution >= 0.6 is 0 Å². The number of benzene rings is 1. The number of anilines is 1. The van der Waals surface area contributed by atoms with Crippen LogP contribution in [-0.2, 0) is 11.8 Å². The highest BCUT2D eigenvalue weighted by atomic mass is 16.2. The van der Waals surface area contributed by atoms with Crippen LogP contribution in [0, 0.1) is 0 Å². The number of amides is 1. The highest BCUT2D eigenvalue weighted by Crippen LogP contribution is 2.32. The first-order chi connectivity index (χ1) is 12.9. The van der Waals surface area contributed by atoms with Gasteiger partial charge in [0.05, 0.1) is 12.2 Å². The molecule has 0 spiro atoms. The number of likely N-dealkylation sites (tertiary alicyclic amines) is 1. The lowest BCUT2D eigenvalue weighted by Crippen LogP contribution is -3.11. The minimum Gasteiger partial charge on any atom is -0.350 e. The Hall–Kier alpha value is -2.07. The number of para-hydroxylation sites is 1. The van der Waals surface area contributed by atoms with Crippen LogP contribution < -0.4 is 10.2 Å². The van der Waals surface area contributed by atoms with Crippen LogP contribution in [0.4, 0.5) is 5.69 Å². The molecule has 0 saturated carbocycles. The number of hydrogen-bond acceptors (Lipinski definition) is 1. The van der Waals surface area contributed by atoms with Gasteiger partial charge in [0.2, 0.25) is 0 Å². The van der Waals surface area contributed by atoms with Gasteiger partial charge in [-0.3, -0.25) is 4.79 Å². The minimum absolute atomic E-state index is 0.126. The van der Waals surface area contributed by atoms with Crippen molar-refractivity contribution in [2.24, 2.45) is 7.05 Å². The molecule has 1 aliphatic rings. The van der Waals surface area contributed by atoms with Gasteiger partial charge in [0.15, 0.2) is 6.54 Å². The van der Waals surface area contributed by atoms with Crippen LogP contribution in [0.15, 0.2) is 36.5 Å². The van der Waals surface area contributed by atoms with Crippen molar-refractivity contribution in [2.45, 2.75) is 58.4 Å². The standard InChI is InChI=1S/C23H33N3O/c1-16(2)18-9-6-10-19(17(3)4)23(18)24-22(27)15-26-14-8-12-21(26)20-11-7-13-25(20)5/h6-7,9-11,13,16-17,21H,8,12,14-15H2,1-5H3,(H,24,27)/p+1/t21-/m0/s1. The molecule has 3 rings (SSSR count). The summed E-state index contributed by atoms with van der Waals surface area (Å²) in [6.07, 6.45) is 4.43. The van der Waals surface area contributed by atoms with Gasteiger partial charge < -0.3 is 14.8 Å². The Labute approximate surface area is 163 Å². The van der Waals surface area contributed by atoms with Crippen LogP contribution in [-0.4, -0.2) is 23.6 Å². The summed E-state index contributed by atoms with van der Waals surface area (Å²) in [4.78, 5) is 14.4. The summed E-state index contributed by atoms with van der Waals surface area (Å²) in [5, 5.41) is 3.28. The van der Waals surface area contributed by atoms with Crippen molar-refractivity contribution in [1.29, 1.82) is 0 Å². The molecule has 2 heterocycles. The molecule has 1 aromatic carbocycles. The second-order valence-electron chi connectivity index (χ2n) is 8.49. The molecule has 2 N–H and O–H groups in total. The van der Waals surface area contributed by atoms with Crippen molar-refractivity contribution in [3.8, 4) is 0 Å². The van der Waals surface area contributed by atoms with E-state index in [-0.39, 0.29) is 5.91 Å². The number of nitrogens with one attached hydrogen (secondary N) is 2. The average molecular weight is 369 g/mol. The third-order valence-electron chi connectivity index (χ3n) is 5.85. The molecular weight excluding hydrogens is 334 g/mol. The second-order valence-corrected chi connectivity index (χ2v) is 8.49. The number of carbonyl (C=O) groups excluding carboxylic acids is 1. The Kier molecular flexibility index (Phi) is 6.05. The largest absolute Gasteiger partial charge is 0.350 e. The molecule has 2 aromatic rings. The third kappa shape index (κ3) is 4.27. The van der Waals surface area contributed by atoms with Gasteiger partial charge in [-0.15, -0.1) is 0 Å². The summed E-state index contributed by atoms with van der Waals surface area (Å²) in [5.74, 6) is 0.893. The van der Waals surface area contributed by atoms with Crippen molar-refractivity contribution in [3.05, 3.63) is 53.3 Å². The average Bonchev–Trinajstić information content (AvgIpc) is 3.22. The fourth-order valence-corrected chi connectivity index (χ4v) is 4.40. The molecule has 1 unspecified atom stereocenters. The minimum atomic E-state index is 0.126. The van der Waals surface area contributed by atoms with Gasteiger partial charge in [-0.05, 0) is 35.1 Å². The zero-order chi connectivity index (χ0) is 19.6. The van der Waals surface area contributed by atoms with Crippen LogP contribution in [0.25, 0.3) is 0 Å². The predicted molar refractivity (Wildman–Crippen MR) is 111 cm³/mol. The molecule has 4 nitrogen and oxygen atoms in total. The van der Waals surface area contributed by atoms with E-state index < -0.39 is 0 Å². The number of nitrogens with zero attached hydrogens (tertiary/aromatic N) is 1. The topological polar surface area (TPSA) is 38.5 Å². The summed E-state index contributed by atoms with van der Waals surface area (Å²) in [6, 6.07) is 11.1. The van der Waals surface area contributed by atoms with Gasteiger partial charge in [-0.1, -0.05) is 45.9 Å². The number of quaternary nitrogens is 1. The highest BCUT2D eigenvalue weighted by molar-refractivity contribution is 5.93. The van der Waals surface area contributed by atoms with E-state index in [1.807, 2.05) is 0 Å². The van der Waals surface area contributed by atoms with Crippen molar-refractivity contribution in [3.63, 3.8) is 0 Å². The molecular formula is C23H34N3O+. The maximum absolute atomic E-state index is 13.0. The van der Waals surface area contributed by atoms with Gasteiger partial charge in [0.1, 0.15) is 6.04 Å². The van der Waals surface area contributed by atoms with Gasteiger partial charge in [0.25, 0.3) is 5.91 Å². The van der Waals surface area contributed by atoms with E-state index in [0.29, 0.717) is 24.4 Å². The number of aromatic nitrogens is 1. The summed E-state index contributed by atoms with van der Waals surface area (Å²) in [6.45, 7) is 10.3. The highest BCUT2D eigenvalue weighted by Gasteiger charge is 2.33. The molecule has 2 atom stereocenters. The maximum Gasteiger partial charge on any atom is 0.279 e. The molecule has 146 valence electrons. The Morgan fingerprint density at radius 1 is 1.15 bits per heavy atom. The molecule has 27 heavy (non-hydrogen) atoms. The van der Waals surface area contributed by atoms with Gasteiger partial charge in [0, 0.05) is 31.8 Å². The van der Waals surface area contributed by atoms with Crippen molar-refractivity contribution < 1.29 is 9.69 Å². The molecule has 0 aliphatic carbocycles. The van der Waals surface area contributed by atoms with E-state index in [1.165, 1.54) is 28.1 Å². The maximum atomic E-state index is 13.0. The first kappa shape index (κ1) is 19.7. The summed E-state index contributed by atoms with van der Waals surface area (Å²) in [7, 11) is 2.10. The molecule has 1 aliphatic heterocycles. The van der Waals surface area contributed by atoms with Gasteiger partial charge in [-0.25, -0.2) is 0 Å². The fourth-order valence-electron chi connectivity index (χ4n) is 4.40. The molecule has 1 fully saturated rings. The number of hydrogen-bond donors (Lipinski definition) is 2. The molecule has 0 radical (unpaired) electrons. The zero-order valence-corrected chi connectivity index (χ0v) is 17.4. The normalized spacial score (nSPS) is 19.8.